The van der Waals surface area contributed by atoms with E-state index in [1.807, 2.05) is 32.1 Å². The van der Waals surface area contributed by atoms with E-state index < -0.39 is 6.17 Å². The Hall–Kier alpha value is -2.38. The Morgan fingerprint density at radius 1 is 1.15 bits per heavy atom. The van der Waals surface area contributed by atoms with Gasteiger partial charge in [0.1, 0.15) is 18.3 Å². The van der Waals surface area contributed by atoms with Crippen LogP contribution in [0.25, 0.3) is 10.9 Å². The van der Waals surface area contributed by atoms with Gasteiger partial charge in [-0.2, -0.15) is 0 Å². The number of hydrogen-bond acceptors (Lipinski definition) is 6. The standard InChI is InChI=1S/C31H46ClFN4O2/c1-19(2)34-16-25-10-8-9-24(12-20(25)3)17-39-30-15-28-26(14-29(30)38-7)31(36-18-35-28)37-23(6)11-21(4)27(32)13-22(5)33/h11,13-15,18-20,22-25,34H,8-10,12,16-17H2,1-7H3,(H,35,36,37)/b21-11-,27-13+/t20-,22?,23?,24?,25-/m1/s1. The van der Waals surface area contributed by atoms with Crippen molar-refractivity contribution in [2.45, 2.75) is 85.5 Å². The summed E-state index contributed by atoms with van der Waals surface area (Å²) < 4.78 is 25.4. The van der Waals surface area contributed by atoms with Crippen molar-refractivity contribution in [3.8, 4) is 11.5 Å². The highest BCUT2D eigenvalue weighted by atomic mass is 35.5. The Kier molecular flexibility index (Phi) is 11.9. The third-order valence-electron chi connectivity index (χ3n) is 7.50. The number of allylic oxidation sites excluding steroid dienone is 3. The number of hydrogen-bond donors (Lipinski definition) is 2. The Bertz CT molecular complexity index is 1140. The van der Waals surface area contributed by atoms with Gasteiger partial charge in [-0.15, -0.1) is 0 Å². The van der Waals surface area contributed by atoms with E-state index in [-0.39, 0.29) is 6.04 Å². The molecule has 0 aliphatic heterocycles. The van der Waals surface area contributed by atoms with Crippen LogP contribution in [0.15, 0.2) is 41.2 Å². The molecule has 5 atom stereocenters. The summed E-state index contributed by atoms with van der Waals surface area (Å²) in [7, 11) is 1.65. The van der Waals surface area contributed by atoms with Gasteiger partial charge < -0.3 is 20.1 Å². The van der Waals surface area contributed by atoms with Gasteiger partial charge in [0, 0.05) is 28.6 Å². The molecule has 0 amide bonds. The second-order valence-electron chi connectivity index (χ2n) is 11.4. The van der Waals surface area contributed by atoms with Gasteiger partial charge in [0.25, 0.3) is 0 Å². The normalized spacial score (nSPS) is 22.5. The molecule has 0 saturated heterocycles. The average Bonchev–Trinajstić information content (AvgIpc) is 3.05. The second kappa shape index (κ2) is 14.8. The van der Waals surface area contributed by atoms with Crippen molar-refractivity contribution in [3.05, 3.63) is 41.2 Å². The van der Waals surface area contributed by atoms with E-state index in [1.54, 1.807) is 13.4 Å². The predicted molar refractivity (Wildman–Crippen MR) is 161 cm³/mol. The van der Waals surface area contributed by atoms with Gasteiger partial charge in [-0.05, 0) is 82.0 Å². The number of methoxy groups -OCH3 is 1. The third kappa shape index (κ3) is 9.35. The van der Waals surface area contributed by atoms with Gasteiger partial charge in [0.05, 0.1) is 19.2 Å². The number of benzene rings is 1. The molecule has 1 aromatic carbocycles. The highest BCUT2D eigenvalue weighted by Gasteiger charge is 2.26. The lowest BCUT2D eigenvalue weighted by atomic mass is 9.87. The monoisotopic (exact) mass is 560 g/mol. The number of rotatable bonds is 12. The molecule has 1 aliphatic carbocycles. The van der Waals surface area contributed by atoms with Gasteiger partial charge >= 0.3 is 0 Å². The van der Waals surface area contributed by atoms with Crippen LogP contribution in [0.1, 0.15) is 67.2 Å². The molecule has 1 heterocycles. The molecule has 1 saturated carbocycles. The SMILES string of the molecule is COc1cc2c(NC(C)/C=C(C)\C(Cl)=C/C(C)F)ncnc2cc1OCC1CCC[C@H](CNC(C)C)[C@H](C)C1. The van der Waals surface area contributed by atoms with Crippen LogP contribution in [0.3, 0.4) is 0 Å². The minimum absolute atomic E-state index is 0.0983. The van der Waals surface area contributed by atoms with Gasteiger partial charge in [-0.3, -0.25) is 0 Å². The van der Waals surface area contributed by atoms with Crippen LogP contribution in [0, 0.1) is 17.8 Å². The van der Waals surface area contributed by atoms with Crippen molar-refractivity contribution in [1.82, 2.24) is 15.3 Å². The zero-order valence-electron chi connectivity index (χ0n) is 24.6. The van der Waals surface area contributed by atoms with Crippen molar-refractivity contribution in [2.75, 3.05) is 25.6 Å². The molecule has 3 unspecified atom stereocenters. The first kappa shape index (κ1) is 31.2. The van der Waals surface area contributed by atoms with Crippen molar-refractivity contribution >= 4 is 28.3 Å². The zero-order chi connectivity index (χ0) is 28.5. The van der Waals surface area contributed by atoms with Crippen LogP contribution in [0.4, 0.5) is 10.2 Å². The van der Waals surface area contributed by atoms with Gasteiger partial charge in [0.2, 0.25) is 0 Å². The number of fused-ring (bicyclic) bond motifs is 1. The number of ether oxygens (including phenoxy) is 2. The van der Waals surface area contributed by atoms with Crippen molar-refractivity contribution in [1.29, 1.82) is 0 Å². The molecule has 3 rings (SSSR count). The number of anilines is 1. The first-order chi connectivity index (χ1) is 18.6. The average molecular weight is 561 g/mol. The third-order valence-corrected chi connectivity index (χ3v) is 7.92. The Morgan fingerprint density at radius 2 is 1.92 bits per heavy atom. The largest absolute Gasteiger partial charge is 0.493 e. The minimum Gasteiger partial charge on any atom is -0.493 e. The van der Waals surface area contributed by atoms with E-state index in [2.05, 4.69) is 41.4 Å². The van der Waals surface area contributed by atoms with E-state index in [4.69, 9.17) is 21.1 Å². The molecule has 1 aliphatic rings. The van der Waals surface area contributed by atoms with Crippen molar-refractivity contribution < 1.29 is 13.9 Å². The molecule has 0 bridgehead atoms. The number of halogens is 2. The molecule has 1 aromatic heterocycles. The maximum Gasteiger partial charge on any atom is 0.163 e. The molecule has 39 heavy (non-hydrogen) atoms. The quantitative estimate of drug-likeness (QED) is 0.205. The smallest absolute Gasteiger partial charge is 0.163 e. The summed E-state index contributed by atoms with van der Waals surface area (Å²) in [6.45, 7) is 13.9. The summed E-state index contributed by atoms with van der Waals surface area (Å²) in [5.74, 6) is 3.94. The molecule has 0 radical (unpaired) electrons. The molecular formula is C31H46ClFN4O2. The molecule has 8 heteroatoms. The maximum atomic E-state index is 13.3. The highest BCUT2D eigenvalue weighted by molar-refractivity contribution is 6.31. The van der Waals surface area contributed by atoms with E-state index in [0.717, 1.165) is 28.9 Å². The Morgan fingerprint density at radius 3 is 2.62 bits per heavy atom. The second-order valence-corrected chi connectivity index (χ2v) is 11.8. The molecule has 2 N–H and O–H groups in total. The van der Waals surface area contributed by atoms with Crippen LogP contribution >= 0.6 is 11.6 Å². The predicted octanol–water partition coefficient (Wildman–Crippen LogP) is 7.69. The first-order valence-electron chi connectivity index (χ1n) is 14.2. The minimum atomic E-state index is -1.10. The summed E-state index contributed by atoms with van der Waals surface area (Å²) in [6, 6.07) is 4.29. The summed E-state index contributed by atoms with van der Waals surface area (Å²) in [4.78, 5) is 8.96. The summed E-state index contributed by atoms with van der Waals surface area (Å²) >= 11 is 6.23. The van der Waals surface area contributed by atoms with Gasteiger partial charge in [0.15, 0.2) is 11.5 Å². The lowest BCUT2D eigenvalue weighted by molar-refractivity contribution is 0.205. The molecule has 2 aromatic rings. The molecule has 0 spiro atoms. The molecular weight excluding hydrogens is 515 g/mol. The summed E-state index contributed by atoms with van der Waals surface area (Å²) in [6.07, 6.45) is 8.64. The fourth-order valence-corrected chi connectivity index (χ4v) is 5.57. The van der Waals surface area contributed by atoms with E-state index >= 15 is 0 Å². The molecule has 1 fully saturated rings. The van der Waals surface area contributed by atoms with E-state index in [1.165, 1.54) is 38.7 Å². The van der Waals surface area contributed by atoms with Crippen LogP contribution in [-0.2, 0) is 0 Å². The summed E-state index contributed by atoms with van der Waals surface area (Å²) in [5.41, 5.74) is 1.57. The van der Waals surface area contributed by atoms with Crippen LogP contribution in [-0.4, -0.2) is 48.5 Å². The van der Waals surface area contributed by atoms with Gasteiger partial charge in [-0.25, -0.2) is 14.4 Å². The molecule has 216 valence electrons. The van der Waals surface area contributed by atoms with Crippen molar-refractivity contribution in [3.63, 3.8) is 0 Å². The van der Waals surface area contributed by atoms with Crippen LogP contribution in [0.5, 0.6) is 11.5 Å². The molecule has 6 nitrogen and oxygen atoms in total. The first-order valence-corrected chi connectivity index (χ1v) is 14.6. The van der Waals surface area contributed by atoms with E-state index in [9.17, 15) is 4.39 Å². The summed E-state index contributed by atoms with van der Waals surface area (Å²) in [5, 5.41) is 8.27. The number of nitrogens with zero attached hydrogens (tertiary/aromatic N) is 2. The zero-order valence-corrected chi connectivity index (χ0v) is 25.3. The lowest BCUT2D eigenvalue weighted by Crippen LogP contribution is -2.31. The lowest BCUT2D eigenvalue weighted by Gasteiger charge is -2.25. The maximum absolute atomic E-state index is 13.3. The number of alkyl halides is 1. The topological polar surface area (TPSA) is 68.3 Å². The van der Waals surface area contributed by atoms with Crippen molar-refractivity contribution in [2.24, 2.45) is 17.8 Å². The highest BCUT2D eigenvalue weighted by Crippen LogP contribution is 2.36. The number of nitrogens with one attached hydrogen (secondary N) is 2. The number of aromatic nitrogens is 2. The Labute approximate surface area is 238 Å². The Balaban J connectivity index is 1.71. The van der Waals surface area contributed by atoms with E-state index in [0.29, 0.717) is 46.8 Å². The fraction of sp³-hybridized carbons (Fsp3) is 0.613. The van der Waals surface area contributed by atoms with Gasteiger partial charge in [-0.1, -0.05) is 44.9 Å². The fourth-order valence-electron chi connectivity index (χ4n) is 5.34. The van der Waals surface area contributed by atoms with Crippen LogP contribution in [0.2, 0.25) is 0 Å². The van der Waals surface area contributed by atoms with Crippen LogP contribution < -0.4 is 20.1 Å².